The van der Waals surface area contributed by atoms with E-state index >= 15 is 0 Å². The van der Waals surface area contributed by atoms with E-state index < -0.39 is 24.3 Å². The van der Waals surface area contributed by atoms with Gasteiger partial charge in [0.15, 0.2) is 0 Å². The van der Waals surface area contributed by atoms with Gasteiger partial charge in [-0.2, -0.15) is 26.3 Å². The Morgan fingerprint density at radius 3 is 2.00 bits per heavy atom. The molecule has 2 atom stereocenters. The molecular formula is C21H27F6N3O5. The van der Waals surface area contributed by atoms with E-state index in [0.717, 1.165) is 32.2 Å². The van der Waals surface area contributed by atoms with Crippen molar-refractivity contribution in [2.75, 3.05) is 32.8 Å². The lowest BCUT2D eigenvalue weighted by atomic mass is 9.85. The highest BCUT2D eigenvalue weighted by atomic mass is 19.4. The number of aliphatic carboxylic acids is 2. The van der Waals surface area contributed by atoms with Crippen LogP contribution in [0.1, 0.15) is 24.8 Å². The van der Waals surface area contributed by atoms with Crippen LogP contribution in [0.25, 0.3) is 0 Å². The predicted octanol–water partition coefficient (Wildman–Crippen LogP) is 3.03. The van der Waals surface area contributed by atoms with Gasteiger partial charge in [0, 0.05) is 45.1 Å². The van der Waals surface area contributed by atoms with Crippen molar-refractivity contribution in [1.82, 2.24) is 14.8 Å². The summed E-state index contributed by atoms with van der Waals surface area (Å²) in [7, 11) is 0. The highest BCUT2D eigenvalue weighted by Gasteiger charge is 2.41. The number of likely N-dealkylation sites (tertiary alicyclic amines) is 1. The molecule has 8 nitrogen and oxygen atoms in total. The van der Waals surface area contributed by atoms with E-state index in [9.17, 15) is 26.3 Å². The highest BCUT2D eigenvalue weighted by Crippen LogP contribution is 2.30. The summed E-state index contributed by atoms with van der Waals surface area (Å²) >= 11 is 0. The van der Waals surface area contributed by atoms with Gasteiger partial charge in [-0.15, -0.1) is 0 Å². The number of carboxylic acids is 2. The van der Waals surface area contributed by atoms with Crippen LogP contribution in [0.15, 0.2) is 24.5 Å². The lowest BCUT2D eigenvalue weighted by Crippen LogP contribution is -2.50. The minimum absolute atomic E-state index is 0.417. The van der Waals surface area contributed by atoms with E-state index in [1.807, 2.05) is 12.4 Å². The van der Waals surface area contributed by atoms with Gasteiger partial charge in [0.25, 0.3) is 0 Å². The molecule has 0 unspecified atom stereocenters. The van der Waals surface area contributed by atoms with E-state index in [1.165, 1.54) is 37.9 Å². The molecule has 2 saturated heterocycles. The topological polar surface area (TPSA) is 103 Å². The number of hydrogen-bond donors (Lipinski definition) is 2. The number of nitrogens with zero attached hydrogens (tertiary/aromatic N) is 3. The number of pyridine rings is 1. The standard InChI is InChI=1S/C17H25N3O.2C2HF3O2/c1-2-14(3-1)10-19-12-16-17(13-19)21-9-8-20(16)11-15-4-6-18-7-5-15;2*3-2(4,5)1(6)7/h4-7,14,16-17H,1-3,8-13H2;2*(H,6,7)/t16-,17+;;/m1../s1. The summed E-state index contributed by atoms with van der Waals surface area (Å²) in [6, 6.07) is 4.84. The highest BCUT2D eigenvalue weighted by molar-refractivity contribution is 5.73. The summed E-state index contributed by atoms with van der Waals surface area (Å²) < 4.78 is 69.5. The van der Waals surface area contributed by atoms with Crippen molar-refractivity contribution < 1.29 is 50.9 Å². The Bertz CT molecular complexity index is 796. The Kier molecular flexibility index (Phi) is 10.3. The van der Waals surface area contributed by atoms with Crippen LogP contribution in [0.3, 0.4) is 0 Å². The van der Waals surface area contributed by atoms with Crippen LogP contribution in [-0.2, 0) is 20.9 Å². The van der Waals surface area contributed by atoms with Gasteiger partial charge in [0.1, 0.15) is 0 Å². The molecule has 198 valence electrons. The molecule has 2 aliphatic heterocycles. The molecule has 2 N–H and O–H groups in total. The molecule has 1 aromatic heterocycles. The zero-order chi connectivity index (χ0) is 26.2. The molecule has 1 saturated carbocycles. The first-order valence-corrected chi connectivity index (χ1v) is 10.8. The van der Waals surface area contributed by atoms with Gasteiger partial charge in [0.05, 0.1) is 18.8 Å². The number of ether oxygens (including phenoxy) is 1. The lowest BCUT2D eigenvalue weighted by molar-refractivity contribution is -0.193. The molecule has 1 aliphatic carbocycles. The minimum atomic E-state index is -5.08. The second-order valence-corrected chi connectivity index (χ2v) is 8.42. The number of alkyl halides is 6. The number of halogens is 6. The van der Waals surface area contributed by atoms with E-state index in [0.29, 0.717) is 12.1 Å². The molecule has 14 heteroatoms. The van der Waals surface area contributed by atoms with Crippen molar-refractivity contribution >= 4 is 11.9 Å². The normalized spacial score (nSPS) is 23.1. The first-order valence-electron chi connectivity index (χ1n) is 10.8. The molecule has 3 heterocycles. The maximum absolute atomic E-state index is 10.6. The third-order valence-corrected chi connectivity index (χ3v) is 5.85. The molecule has 1 aromatic rings. The molecule has 35 heavy (non-hydrogen) atoms. The van der Waals surface area contributed by atoms with Crippen LogP contribution >= 0.6 is 0 Å². The summed E-state index contributed by atoms with van der Waals surface area (Å²) in [5.74, 6) is -4.56. The Morgan fingerprint density at radius 1 is 1.00 bits per heavy atom. The summed E-state index contributed by atoms with van der Waals surface area (Å²) in [4.78, 5) is 27.2. The van der Waals surface area contributed by atoms with E-state index in [2.05, 4.69) is 26.9 Å². The van der Waals surface area contributed by atoms with Crippen molar-refractivity contribution in [2.24, 2.45) is 5.92 Å². The predicted molar refractivity (Wildman–Crippen MR) is 109 cm³/mol. The van der Waals surface area contributed by atoms with Gasteiger partial charge in [-0.1, -0.05) is 6.42 Å². The second kappa shape index (κ2) is 12.5. The fraction of sp³-hybridized carbons (Fsp3) is 0.667. The number of rotatable bonds is 4. The fourth-order valence-corrected chi connectivity index (χ4v) is 3.94. The monoisotopic (exact) mass is 515 g/mol. The summed E-state index contributed by atoms with van der Waals surface area (Å²) in [5, 5.41) is 14.2. The van der Waals surface area contributed by atoms with E-state index in [4.69, 9.17) is 24.5 Å². The Hall–Kier alpha value is -2.45. The molecular weight excluding hydrogens is 488 g/mol. The molecule has 0 amide bonds. The van der Waals surface area contributed by atoms with Crippen molar-refractivity contribution in [3.8, 4) is 0 Å². The van der Waals surface area contributed by atoms with Crippen molar-refractivity contribution in [3.05, 3.63) is 30.1 Å². The molecule has 0 radical (unpaired) electrons. The van der Waals surface area contributed by atoms with Gasteiger partial charge >= 0.3 is 24.3 Å². The van der Waals surface area contributed by atoms with Crippen molar-refractivity contribution in [2.45, 2.75) is 50.3 Å². The number of hydrogen-bond acceptors (Lipinski definition) is 6. The number of morpholine rings is 1. The molecule has 3 fully saturated rings. The molecule has 4 rings (SSSR count). The number of carboxylic acid groups (broad SMARTS) is 2. The first-order chi connectivity index (χ1) is 16.3. The summed E-state index contributed by atoms with van der Waals surface area (Å²) in [6.07, 6.45) is -1.65. The summed E-state index contributed by atoms with van der Waals surface area (Å²) in [5.41, 5.74) is 1.36. The van der Waals surface area contributed by atoms with Gasteiger partial charge in [0.2, 0.25) is 0 Å². The van der Waals surface area contributed by atoms with Crippen LogP contribution in [0, 0.1) is 5.92 Å². The largest absolute Gasteiger partial charge is 0.490 e. The quantitative estimate of drug-likeness (QED) is 0.590. The van der Waals surface area contributed by atoms with Crippen LogP contribution < -0.4 is 0 Å². The van der Waals surface area contributed by atoms with Gasteiger partial charge in [-0.05, 0) is 36.5 Å². The number of carbonyl (C=O) groups is 2. The van der Waals surface area contributed by atoms with Crippen molar-refractivity contribution in [3.63, 3.8) is 0 Å². The zero-order valence-corrected chi connectivity index (χ0v) is 18.6. The van der Waals surface area contributed by atoms with Crippen molar-refractivity contribution in [1.29, 1.82) is 0 Å². The third kappa shape index (κ3) is 9.61. The second-order valence-electron chi connectivity index (χ2n) is 8.42. The number of aromatic nitrogens is 1. The molecule has 0 aromatic carbocycles. The van der Waals surface area contributed by atoms with Crippen LogP contribution in [0.2, 0.25) is 0 Å². The Morgan fingerprint density at radius 2 is 1.54 bits per heavy atom. The molecule has 0 bridgehead atoms. The minimum Gasteiger partial charge on any atom is -0.475 e. The SMILES string of the molecule is O=C(O)C(F)(F)F.O=C(O)C(F)(F)F.c1cc(CN2CCO[C@H]3CN(CC4CCC4)C[C@H]32)ccn1. The Balaban J connectivity index is 0.000000257. The van der Waals surface area contributed by atoms with Crippen LogP contribution in [0.4, 0.5) is 26.3 Å². The van der Waals surface area contributed by atoms with Crippen LogP contribution in [-0.4, -0.2) is 94.2 Å². The summed E-state index contributed by atoms with van der Waals surface area (Å²) in [6.45, 7) is 6.58. The Labute approximate surface area is 197 Å². The zero-order valence-electron chi connectivity index (χ0n) is 18.6. The van der Waals surface area contributed by atoms with Crippen LogP contribution in [0.5, 0.6) is 0 Å². The molecule has 0 spiro atoms. The maximum atomic E-state index is 10.6. The average molecular weight is 515 g/mol. The van der Waals surface area contributed by atoms with Gasteiger partial charge < -0.3 is 14.9 Å². The maximum Gasteiger partial charge on any atom is 0.490 e. The van der Waals surface area contributed by atoms with Gasteiger partial charge in [-0.3, -0.25) is 14.8 Å². The van der Waals surface area contributed by atoms with E-state index in [-0.39, 0.29) is 0 Å². The third-order valence-electron chi connectivity index (χ3n) is 5.85. The smallest absolute Gasteiger partial charge is 0.475 e. The number of fused-ring (bicyclic) bond motifs is 1. The lowest BCUT2D eigenvalue weighted by Gasteiger charge is -2.37. The molecule has 3 aliphatic rings. The first kappa shape index (κ1) is 28.8. The average Bonchev–Trinajstić information content (AvgIpc) is 3.15. The van der Waals surface area contributed by atoms with Gasteiger partial charge in [-0.25, -0.2) is 9.59 Å². The fourth-order valence-electron chi connectivity index (χ4n) is 3.94. The van der Waals surface area contributed by atoms with E-state index in [1.54, 1.807) is 0 Å².